The lowest BCUT2D eigenvalue weighted by Gasteiger charge is -2.46. The third kappa shape index (κ3) is 5.60. The van der Waals surface area contributed by atoms with Crippen LogP contribution in [0.2, 0.25) is 0 Å². The van der Waals surface area contributed by atoms with Crippen molar-refractivity contribution >= 4 is 40.8 Å². The van der Waals surface area contributed by atoms with Gasteiger partial charge in [-0.05, 0) is 94.3 Å². The first kappa shape index (κ1) is 28.1. The van der Waals surface area contributed by atoms with E-state index in [2.05, 4.69) is 90.6 Å². The summed E-state index contributed by atoms with van der Waals surface area (Å²) in [6, 6.07) is 11.9. The molecule has 4 atom stereocenters. The summed E-state index contributed by atoms with van der Waals surface area (Å²) in [6.45, 7) is 11.4. The first-order valence-electron chi connectivity index (χ1n) is 13.9. The van der Waals surface area contributed by atoms with Crippen molar-refractivity contribution < 1.29 is 4.79 Å². The van der Waals surface area contributed by atoms with Gasteiger partial charge in [0, 0.05) is 67.1 Å². The van der Waals surface area contributed by atoms with Crippen LogP contribution in [0.25, 0.3) is 10.9 Å². The molecule has 0 radical (unpaired) electrons. The molecular weight excluding hydrogens is 571 g/mol. The lowest BCUT2D eigenvalue weighted by atomic mass is 9.72. The van der Waals surface area contributed by atoms with Crippen molar-refractivity contribution in [2.75, 3.05) is 26.7 Å². The van der Waals surface area contributed by atoms with Gasteiger partial charge < -0.3 is 14.4 Å². The Balaban J connectivity index is 0.00000320. The number of likely N-dealkylation sites (tertiary alicyclic amines) is 1. The highest BCUT2D eigenvalue weighted by Crippen LogP contribution is 2.45. The van der Waals surface area contributed by atoms with Crippen molar-refractivity contribution in [1.82, 2.24) is 19.4 Å². The van der Waals surface area contributed by atoms with E-state index in [0.717, 1.165) is 45.3 Å². The van der Waals surface area contributed by atoms with Crippen LogP contribution in [-0.4, -0.2) is 58.0 Å². The number of halogens is 1. The number of fused-ring (bicyclic) bond motifs is 2. The van der Waals surface area contributed by atoms with E-state index in [9.17, 15) is 4.79 Å². The topological polar surface area (TPSA) is 41.4 Å². The number of benzene rings is 1. The Bertz CT molecular complexity index is 1210. The molecule has 200 valence electrons. The number of aryl methyl sites for hydroxylation is 1. The molecule has 2 aliphatic rings. The van der Waals surface area contributed by atoms with Crippen LogP contribution in [0.15, 0.2) is 48.9 Å². The number of pyridine rings is 1. The standard InChI is InChI=1S/C31H42N4O.HI/c1-6-34(18-22(4)10-11-23-12-14-32-15-13-23)31(36)25-16-27-26-8-7-9-28-30(26)24(20-35(28)21(2)3)17-29(27)33(5)19-25;/h7-9,12-15,20-22,25,27,29H,6,10-11,16-19H2,1-5H3;1H/t22?,25-,27-,29-;/m1./s1. The number of hydrogen-bond acceptors (Lipinski definition) is 3. The predicted octanol–water partition coefficient (Wildman–Crippen LogP) is 6.31. The number of piperidine rings is 1. The van der Waals surface area contributed by atoms with Crippen molar-refractivity contribution in [2.24, 2.45) is 11.8 Å². The fraction of sp³-hybridized carbons (Fsp3) is 0.548. The lowest BCUT2D eigenvalue weighted by Crippen LogP contribution is -2.52. The molecule has 2 aromatic heterocycles. The van der Waals surface area contributed by atoms with Crippen molar-refractivity contribution in [3.05, 3.63) is 65.6 Å². The summed E-state index contributed by atoms with van der Waals surface area (Å²) in [5.74, 6) is 1.29. The van der Waals surface area contributed by atoms with Crippen LogP contribution < -0.4 is 0 Å². The molecule has 1 aromatic carbocycles. The Labute approximate surface area is 239 Å². The number of hydrogen-bond donors (Lipinski definition) is 0. The Morgan fingerprint density at radius 1 is 1.16 bits per heavy atom. The molecule has 37 heavy (non-hydrogen) atoms. The van der Waals surface area contributed by atoms with Crippen LogP contribution in [0.3, 0.4) is 0 Å². The van der Waals surface area contributed by atoms with Crippen molar-refractivity contribution in [3.63, 3.8) is 0 Å². The monoisotopic (exact) mass is 614 g/mol. The van der Waals surface area contributed by atoms with Gasteiger partial charge in [0.05, 0.1) is 5.92 Å². The summed E-state index contributed by atoms with van der Waals surface area (Å²) in [4.78, 5) is 22.6. The summed E-state index contributed by atoms with van der Waals surface area (Å²) in [6.07, 6.45) is 10.3. The summed E-state index contributed by atoms with van der Waals surface area (Å²) in [7, 11) is 2.23. The van der Waals surface area contributed by atoms with Crippen LogP contribution in [0.5, 0.6) is 0 Å². The smallest absolute Gasteiger partial charge is 0.226 e. The fourth-order valence-corrected chi connectivity index (χ4v) is 6.74. The summed E-state index contributed by atoms with van der Waals surface area (Å²) >= 11 is 0. The molecule has 5 rings (SSSR count). The number of carbonyl (C=O) groups excluding carboxylic acids is 1. The molecule has 1 amide bonds. The average molecular weight is 615 g/mol. The van der Waals surface area contributed by atoms with Crippen LogP contribution in [0.1, 0.15) is 69.2 Å². The number of nitrogens with zero attached hydrogens (tertiary/aromatic N) is 4. The van der Waals surface area contributed by atoms with Gasteiger partial charge in [0.15, 0.2) is 0 Å². The number of carbonyl (C=O) groups is 1. The molecule has 1 aliphatic carbocycles. The highest BCUT2D eigenvalue weighted by atomic mass is 127. The maximum atomic E-state index is 13.8. The Morgan fingerprint density at radius 3 is 2.62 bits per heavy atom. The van der Waals surface area contributed by atoms with E-state index in [1.54, 1.807) is 0 Å². The van der Waals surface area contributed by atoms with Gasteiger partial charge in [-0.25, -0.2) is 0 Å². The van der Waals surface area contributed by atoms with Gasteiger partial charge in [-0.3, -0.25) is 9.78 Å². The molecule has 0 bridgehead atoms. The van der Waals surface area contributed by atoms with Crippen molar-refractivity contribution in [2.45, 2.75) is 71.4 Å². The summed E-state index contributed by atoms with van der Waals surface area (Å²) in [5.41, 5.74) is 5.61. The van der Waals surface area contributed by atoms with E-state index in [4.69, 9.17) is 0 Å². The van der Waals surface area contributed by atoms with E-state index in [1.807, 2.05) is 12.4 Å². The van der Waals surface area contributed by atoms with E-state index < -0.39 is 0 Å². The van der Waals surface area contributed by atoms with E-state index in [-0.39, 0.29) is 29.9 Å². The van der Waals surface area contributed by atoms with E-state index in [0.29, 0.717) is 29.8 Å². The van der Waals surface area contributed by atoms with Gasteiger partial charge in [-0.15, -0.1) is 24.0 Å². The van der Waals surface area contributed by atoms with Gasteiger partial charge in [-0.2, -0.15) is 0 Å². The normalized spacial score (nSPS) is 21.9. The summed E-state index contributed by atoms with van der Waals surface area (Å²) in [5, 5.41) is 1.45. The predicted molar refractivity (Wildman–Crippen MR) is 163 cm³/mol. The van der Waals surface area contributed by atoms with Gasteiger partial charge in [-0.1, -0.05) is 19.1 Å². The molecule has 3 aromatic rings. The minimum absolute atomic E-state index is 0. The first-order valence-corrected chi connectivity index (χ1v) is 13.9. The zero-order valence-electron chi connectivity index (χ0n) is 23.1. The molecule has 0 spiro atoms. The molecule has 1 aliphatic heterocycles. The zero-order chi connectivity index (χ0) is 25.4. The number of rotatable bonds is 8. The third-order valence-electron chi connectivity index (χ3n) is 8.68. The molecule has 5 nitrogen and oxygen atoms in total. The van der Waals surface area contributed by atoms with E-state index >= 15 is 0 Å². The first-order chi connectivity index (χ1) is 17.4. The minimum atomic E-state index is 0. The number of amides is 1. The van der Waals surface area contributed by atoms with Crippen LogP contribution in [-0.2, 0) is 17.6 Å². The van der Waals surface area contributed by atoms with Gasteiger partial charge in [0.1, 0.15) is 0 Å². The quantitative estimate of drug-likeness (QED) is 0.279. The summed E-state index contributed by atoms with van der Waals surface area (Å²) < 4.78 is 2.43. The third-order valence-corrected chi connectivity index (χ3v) is 8.68. The highest BCUT2D eigenvalue weighted by molar-refractivity contribution is 14.0. The van der Waals surface area contributed by atoms with Crippen LogP contribution in [0, 0.1) is 11.8 Å². The highest BCUT2D eigenvalue weighted by Gasteiger charge is 2.42. The molecule has 3 heterocycles. The molecule has 1 saturated heterocycles. The van der Waals surface area contributed by atoms with Gasteiger partial charge >= 0.3 is 0 Å². The maximum absolute atomic E-state index is 13.8. The Kier molecular flexibility index (Phi) is 9.00. The molecule has 0 saturated carbocycles. The fourth-order valence-electron chi connectivity index (χ4n) is 6.74. The lowest BCUT2D eigenvalue weighted by molar-refractivity contribution is -0.138. The molecule has 1 fully saturated rings. The number of likely N-dealkylation sites (N-methyl/N-ethyl adjacent to an activating group) is 1. The number of aromatic nitrogens is 2. The second kappa shape index (κ2) is 11.9. The van der Waals surface area contributed by atoms with E-state index in [1.165, 1.54) is 27.6 Å². The van der Waals surface area contributed by atoms with Crippen LogP contribution in [0.4, 0.5) is 0 Å². The van der Waals surface area contributed by atoms with Crippen molar-refractivity contribution in [3.8, 4) is 0 Å². The minimum Gasteiger partial charge on any atom is -0.345 e. The second-order valence-electron chi connectivity index (χ2n) is 11.5. The maximum Gasteiger partial charge on any atom is 0.226 e. The average Bonchev–Trinajstić information content (AvgIpc) is 3.27. The van der Waals surface area contributed by atoms with Gasteiger partial charge in [0.2, 0.25) is 5.91 Å². The molecule has 1 unspecified atom stereocenters. The Hall–Kier alpha value is -1.93. The largest absolute Gasteiger partial charge is 0.345 e. The zero-order valence-corrected chi connectivity index (χ0v) is 25.4. The molecule has 6 heteroatoms. The van der Waals surface area contributed by atoms with Crippen molar-refractivity contribution in [1.29, 1.82) is 0 Å². The van der Waals surface area contributed by atoms with Gasteiger partial charge in [0.25, 0.3) is 0 Å². The Morgan fingerprint density at radius 2 is 1.92 bits per heavy atom. The molecule has 0 N–H and O–H groups in total. The molecular formula is C31H43IN4O. The second-order valence-corrected chi connectivity index (χ2v) is 11.5. The van der Waals surface area contributed by atoms with Crippen LogP contribution >= 0.6 is 24.0 Å². The SMILES string of the molecule is CCN(CC(C)CCc1ccncc1)C(=O)[C@@H]1C[C@@H]2c3cccc4c3c(cn4C(C)C)C[C@H]2N(C)C1.I.